The summed E-state index contributed by atoms with van der Waals surface area (Å²) < 4.78 is 6.48. The molecule has 1 aromatic carbocycles. The summed E-state index contributed by atoms with van der Waals surface area (Å²) in [6.45, 7) is 4.18. The van der Waals surface area contributed by atoms with Crippen LogP contribution in [0.3, 0.4) is 0 Å². The van der Waals surface area contributed by atoms with Gasteiger partial charge in [-0.15, -0.1) is 11.8 Å². The Morgan fingerprint density at radius 1 is 1.18 bits per heavy atom. The molecule has 3 fully saturated rings. The van der Waals surface area contributed by atoms with Crippen LogP contribution < -0.4 is 10.6 Å². The molecular formula is C30H42N4O4S. The molecule has 2 bridgehead atoms. The molecule has 8 nitrogen and oxygen atoms in total. The highest BCUT2D eigenvalue weighted by atomic mass is 32.2. The first-order valence-electron chi connectivity index (χ1n) is 14.5. The molecule has 0 radical (unpaired) electrons. The molecule has 5 unspecified atom stereocenters. The van der Waals surface area contributed by atoms with Crippen molar-refractivity contribution >= 4 is 35.2 Å². The number of thioether (sulfide) groups is 1. The van der Waals surface area contributed by atoms with Crippen molar-refractivity contribution in [2.45, 2.75) is 80.6 Å². The summed E-state index contributed by atoms with van der Waals surface area (Å²) in [5.41, 5.74) is -0.426. The second-order valence-electron chi connectivity index (χ2n) is 11.5. The lowest BCUT2D eigenvalue weighted by Gasteiger charge is -2.34. The Kier molecular flexibility index (Phi) is 8.69. The van der Waals surface area contributed by atoms with Crippen molar-refractivity contribution in [3.63, 3.8) is 0 Å². The first kappa shape index (κ1) is 28.2. The van der Waals surface area contributed by atoms with Crippen LogP contribution in [0.2, 0.25) is 0 Å². The van der Waals surface area contributed by atoms with E-state index in [4.69, 9.17) is 4.74 Å². The van der Waals surface area contributed by atoms with Gasteiger partial charge in [-0.2, -0.15) is 0 Å². The molecule has 1 aliphatic carbocycles. The third-order valence-corrected chi connectivity index (χ3v) is 9.56. The van der Waals surface area contributed by atoms with Gasteiger partial charge < -0.3 is 25.2 Å². The molecule has 212 valence electrons. The SMILES string of the molecule is CCCCN(C)CCN1C(=O)C2C(C(=O)Nc3cccc(SC)c3)C3C=CC2(O3)C1C(=O)NC1CCCCC1. The number of rotatable bonds is 11. The number of nitrogens with one attached hydrogen (secondary N) is 2. The molecule has 3 heterocycles. The molecule has 2 saturated heterocycles. The minimum atomic E-state index is -1.12. The van der Waals surface area contributed by atoms with Crippen LogP contribution in [-0.4, -0.2) is 84.2 Å². The van der Waals surface area contributed by atoms with Crippen molar-refractivity contribution in [3.05, 3.63) is 36.4 Å². The van der Waals surface area contributed by atoms with Crippen molar-refractivity contribution in [3.8, 4) is 0 Å². The monoisotopic (exact) mass is 554 g/mol. The van der Waals surface area contributed by atoms with Gasteiger partial charge in [0.25, 0.3) is 0 Å². The van der Waals surface area contributed by atoms with E-state index in [1.54, 1.807) is 16.7 Å². The summed E-state index contributed by atoms with van der Waals surface area (Å²) in [6, 6.07) is 7.02. The fourth-order valence-electron chi connectivity index (χ4n) is 6.78. The Balaban J connectivity index is 1.40. The zero-order chi connectivity index (χ0) is 27.6. The molecule has 4 aliphatic rings. The lowest BCUT2D eigenvalue weighted by Crippen LogP contribution is -2.57. The largest absolute Gasteiger partial charge is 0.359 e. The third kappa shape index (κ3) is 5.50. The Morgan fingerprint density at radius 3 is 2.72 bits per heavy atom. The van der Waals surface area contributed by atoms with E-state index >= 15 is 0 Å². The van der Waals surface area contributed by atoms with Crippen LogP contribution in [0, 0.1) is 11.8 Å². The fraction of sp³-hybridized carbons (Fsp3) is 0.633. The standard InChI is InChI=1S/C30H42N4O4S/c1-4-5-16-33(2)17-18-34-26(28(36)31-20-10-7-6-8-11-20)30-15-14-23(38-30)24(25(30)29(34)37)27(35)32-21-12-9-13-22(19-21)39-3/h9,12-15,19-20,23-26H,4-8,10-11,16-18H2,1-3H3,(H,31,36)(H,32,35). The van der Waals surface area contributed by atoms with Gasteiger partial charge in [0.05, 0.1) is 17.9 Å². The van der Waals surface area contributed by atoms with Crippen LogP contribution in [0.1, 0.15) is 51.9 Å². The molecular weight excluding hydrogens is 512 g/mol. The van der Waals surface area contributed by atoms with Gasteiger partial charge in [-0.3, -0.25) is 14.4 Å². The molecule has 0 aromatic heterocycles. The Bertz CT molecular complexity index is 1110. The topological polar surface area (TPSA) is 91.0 Å². The summed E-state index contributed by atoms with van der Waals surface area (Å²) >= 11 is 1.60. The zero-order valence-corrected chi connectivity index (χ0v) is 24.2. The van der Waals surface area contributed by atoms with Crippen LogP contribution in [0.25, 0.3) is 0 Å². The number of likely N-dealkylation sites (tertiary alicyclic amines) is 1. The van der Waals surface area contributed by atoms with Crippen molar-refractivity contribution in [2.24, 2.45) is 11.8 Å². The van der Waals surface area contributed by atoms with E-state index in [-0.39, 0.29) is 23.8 Å². The average molecular weight is 555 g/mol. The number of nitrogens with zero attached hydrogens (tertiary/aromatic N) is 2. The Morgan fingerprint density at radius 2 is 1.97 bits per heavy atom. The van der Waals surface area contributed by atoms with E-state index in [0.29, 0.717) is 18.8 Å². The van der Waals surface area contributed by atoms with Gasteiger partial charge in [0.1, 0.15) is 11.6 Å². The summed E-state index contributed by atoms with van der Waals surface area (Å²) in [7, 11) is 2.05. The lowest BCUT2D eigenvalue weighted by atomic mass is 9.74. The van der Waals surface area contributed by atoms with Gasteiger partial charge in [0, 0.05) is 29.7 Å². The minimum absolute atomic E-state index is 0.122. The van der Waals surface area contributed by atoms with Crippen LogP contribution in [-0.2, 0) is 19.1 Å². The molecule has 1 spiro atoms. The molecule has 3 aliphatic heterocycles. The molecule has 5 rings (SSSR count). The number of likely N-dealkylation sites (N-methyl/N-ethyl adjacent to an activating group) is 1. The quantitative estimate of drug-likeness (QED) is 0.320. The fourth-order valence-corrected chi connectivity index (χ4v) is 7.24. The summed E-state index contributed by atoms with van der Waals surface area (Å²) in [5, 5.41) is 6.28. The van der Waals surface area contributed by atoms with Crippen LogP contribution >= 0.6 is 11.8 Å². The second-order valence-corrected chi connectivity index (χ2v) is 12.3. The van der Waals surface area contributed by atoms with Crippen LogP contribution in [0.15, 0.2) is 41.3 Å². The van der Waals surface area contributed by atoms with E-state index in [1.165, 1.54) is 6.42 Å². The molecule has 9 heteroatoms. The van der Waals surface area contributed by atoms with Gasteiger partial charge in [-0.25, -0.2) is 0 Å². The van der Waals surface area contributed by atoms with Crippen molar-refractivity contribution in [2.75, 3.05) is 38.3 Å². The smallest absolute Gasteiger partial charge is 0.246 e. The molecule has 1 saturated carbocycles. The second kappa shape index (κ2) is 12.0. The van der Waals surface area contributed by atoms with E-state index in [9.17, 15) is 14.4 Å². The Labute approximate surface area is 236 Å². The number of anilines is 1. The number of benzene rings is 1. The number of hydrogen-bond acceptors (Lipinski definition) is 6. The number of hydrogen-bond donors (Lipinski definition) is 2. The summed E-state index contributed by atoms with van der Waals surface area (Å²) in [6.07, 6.45) is 12.7. The number of fused-ring (bicyclic) bond motifs is 1. The van der Waals surface area contributed by atoms with E-state index < -0.39 is 29.6 Å². The maximum Gasteiger partial charge on any atom is 0.246 e. The van der Waals surface area contributed by atoms with Gasteiger partial charge in [0.15, 0.2) is 0 Å². The van der Waals surface area contributed by atoms with E-state index in [0.717, 1.165) is 50.0 Å². The highest BCUT2D eigenvalue weighted by Gasteiger charge is 2.72. The molecule has 2 N–H and O–H groups in total. The highest BCUT2D eigenvalue weighted by molar-refractivity contribution is 7.98. The van der Waals surface area contributed by atoms with E-state index in [2.05, 4.69) is 22.5 Å². The molecule has 5 atom stereocenters. The molecule has 1 aromatic rings. The summed E-state index contributed by atoms with van der Waals surface area (Å²) in [4.78, 5) is 46.6. The zero-order valence-electron chi connectivity index (χ0n) is 23.4. The van der Waals surface area contributed by atoms with Gasteiger partial charge in [-0.05, 0) is 57.3 Å². The maximum absolute atomic E-state index is 14.1. The summed E-state index contributed by atoms with van der Waals surface area (Å²) in [5.74, 6) is -1.97. The first-order chi connectivity index (χ1) is 18.9. The van der Waals surface area contributed by atoms with Gasteiger partial charge in [0.2, 0.25) is 17.7 Å². The van der Waals surface area contributed by atoms with Crippen molar-refractivity contribution in [1.82, 2.24) is 15.1 Å². The lowest BCUT2D eigenvalue weighted by molar-refractivity contribution is -0.141. The molecule has 39 heavy (non-hydrogen) atoms. The third-order valence-electron chi connectivity index (χ3n) is 8.83. The van der Waals surface area contributed by atoms with Gasteiger partial charge >= 0.3 is 0 Å². The predicted molar refractivity (Wildman–Crippen MR) is 153 cm³/mol. The highest BCUT2D eigenvalue weighted by Crippen LogP contribution is 2.55. The number of carbonyl (C=O) groups is 3. The van der Waals surface area contributed by atoms with Crippen LogP contribution in [0.5, 0.6) is 0 Å². The van der Waals surface area contributed by atoms with E-state index in [1.807, 2.05) is 49.7 Å². The predicted octanol–water partition coefficient (Wildman–Crippen LogP) is 3.68. The maximum atomic E-state index is 14.1. The first-order valence-corrected chi connectivity index (χ1v) is 15.7. The van der Waals surface area contributed by atoms with Crippen molar-refractivity contribution < 1.29 is 19.1 Å². The number of ether oxygens (including phenoxy) is 1. The van der Waals surface area contributed by atoms with Crippen molar-refractivity contribution in [1.29, 1.82) is 0 Å². The average Bonchev–Trinajstić information content (AvgIpc) is 3.58. The van der Waals surface area contributed by atoms with Crippen LogP contribution in [0.4, 0.5) is 5.69 Å². The Hall–Kier alpha value is -2.36. The van der Waals surface area contributed by atoms with Gasteiger partial charge in [-0.1, -0.05) is 50.8 Å². The number of unbranched alkanes of at least 4 members (excludes halogenated alkanes) is 1. The molecule has 3 amide bonds. The normalized spacial score (nSPS) is 29.7. The number of amides is 3. The number of carbonyl (C=O) groups excluding carboxylic acids is 3. The minimum Gasteiger partial charge on any atom is -0.359 e.